The van der Waals surface area contributed by atoms with Gasteiger partial charge in [-0.05, 0) is 32.9 Å². The predicted octanol–water partition coefficient (Wildman–Crippen LogP) is 3.03. The highest BCUT2D eigenvalue weighted by Crippen LogP contribution is 2.19. The highest BCUT2D eigenvalue weighted by Gasteiger charge is 2.19. The van der Waals surface area contributed by atoms with Gasteiger partial charge in [0.2, 0.25) is 0 Å². The van der Waals surface area contributed by atoms with E-state index in [9.17, 15) is 4.79 Å². The van der Waals surface area contributed by atoms with Crippen LogP contribution in [0.5, 0.6) is 0 Å². The number of carbonyl (C=O) groups is 1. The molecule has 0 saturated carbocycles. The summed E-state index contributed by atoms with van der Waals surface area (Å²) in [6.45, 7) is 5.79. The summed E-state index contributed by atoms with van der Waals surface area (Å²) in [4.78, 5) is 21.1. The van der Waals surface area contributed by atoms with Crippen molar-refractivity contribution in [3.05, 3.63) is 66.4 Å². The van der Waals surface area contributed by atoms with Crippen LogP contribution < -0.4 is 5.32 Å². The average Bonchev–Trinajstić information content (AvgIpc) is 3.16. The number of hydrogen-bond donors (Lipinski definition) is 1. The Labute approximate surface area is 146 Å². The maximum absolute atomic E-state index is 12.6. The lowest BCUT2D eigenvalue weighted by molar-refractivity contribution is 0.0927. The molecule has 3 aromatic rings. The van der Waals surface area contributed by atoms with Crippen LogP contribution in [0.1, 0.15) is 35.9 Å². The van der Waals surface area contributed by atoms with Crippen LogP contribution in [-0.4, -0.2) is 31.7 Å². The quantitative estimate of drug-likeness (QED) is 0.778. The zero-order chi connectivity index (χ0) is 17.8. The molecule has 0 aliphatic carbocycles. The van der Waals surface area contributed by atoms with Crippen molar-refractivity contribution in [3.8, 4) is 11.3 Å². The molecule has 6 heteroatoms. The van der Waals surface area contributed by atoms with Crippen LogP contribution in [0.3, 0.4) is 0 Å². The van der Waals surface area contributed by atoms with Gasteiger partial charge in [-0.2, -0.15) is 5.10 Å². The first-order chi connectivity index (χ1) is 12.1. The molecule has 1 aromatic carbocycles. The highest BCUT2D eigenvalue weighted by molar-refractivity contribution is 5.95. The molecule has 0 unspecified atom stereocenters. The smallest absolute Gasteiger partial charge is 0.253 e. The van der Waals surface area contributed by atoms with E-state index in [1.54, 1.807) is 11.0 Å². The number of nitrogens with zero attached hydrogens (tertiary/aromatic N) is 4. The molecule has 1 N–H and O–H groups in total. The second kappa shape index (κ2) is 7.25. The van der Waals surface area contributed by atoms with E-state index < -0.39 is 0 Å². The number of hydrogen-bond acceptors (Lipinski definition) is 4. The van der Waals surface area contributed by atoms with Crippen molar-refractivity contribution in [2.24, 2.45) is 0 Å². The topological polar surface area (TPSA) is 72.7 Å². The van der Waals surface area contributed by atoms with Crippen molar-refractivity contribution in [1.82, 2.24) is 25.1 Å². The molecule has 1 amide bonds. The van der Waals surface area contributed by atoms with Crippen molar-refractivity contribution >= 4 is 5.91 Å². The molecule has 0 bridgehead atoms. The molecule has 0 fully saturated rings. The molecule has 6 nitrogen and oxygen atoms in total. The van der Waals surface area contributed by atoms with Crippen LogP contribution in [0.25, 0.3) is 11.3 Å². The van der Waals surface area contributed by atoms with Crippen molar-refractivity contribution in [3.63, 3.8) is 0 Å². The summed E-state index contributed by atoms with van der Waals surface area (Å²) in [5.74, 6) is -0.135. The first-order valence-corrected chi connectivity index (χ1v) is 8.24. The molecule has 128 valence electrons. The lowest BCUT2D eigenvalue weighted by Gasteiger charge is -2.21. The standard InChI is InChI=1S/C19H21N5O/c1-13(15(3)24-12-20-11-21-24)23-19(25)17-9-10-18(22-14(17)2)16-7-5-4-6-8-16/h4-13,15H,1-3H3,(H,23,25)/t13-,15+/m0/s1. The maximum atomic E-state index is 12.6. The summed E-state index contributed by atoms with van der Waals surface area (Å²) in [5.41, 5.74) is 3.18. The zero-order valence-corrected chi connectivity index (χ0v) is 14.5. The van der Waals surface area contributed by atoms with Crippen LogP contribution >= 0.6 is 0 Å². The lowest BCUT2D eigenvalue weighted by Crippen LogP contribution is -2.38. The minimum Gasteiger partial charge on any atom is -0.347 e. The number of pyridine rings is 1. The molecule has 0 aliphatic heterocycles. The van der Waals surface area contributed by atoms with Crippen molar-refractivity contribution < 1.29 is 4.79 Å². The molecular weight excluding hydrogens is 314 g/mol. The Morgan fingerprint density at radius 3 is 2.52 bits per heavy atom. The SMILES string of the molecule is Cc1nc(-c2ccccc2)ccc1C(=O)N[C@@H](C)[C@@H](C)n1cncn1. The van der Waals surface area contributed by atoms with Gasteiger partial charge in [0.25, 0.3) is 5.91 Å². The van der Waals surface area contributed by atoms with Gasteiger partial charge in [0.15, 0.2) is 0 Å². The number of aryl methyl sites for hydroxylation is 1. The Kier molecular flexibility index (Phi) is 4.88. The predicted molar refractivity (Wildman–Crippen MR) is 96.1 cm³/mol. The third-order valence-electron chi connectivity index (χ3n) is 4.34. The third kappa shape index (κ3) is 3.74. The maximum Gasteiger partial charge on any atom is 0.253 e. The van der Waals surface area contributed by atoms with Crippen LogP contribution in [-0.2, 0) is 0 Å². The first kappa shape index (κ1) is 16.8. The van der Waals surface area contributed by atoms with Crippen molar-refractivity contribution in [2.75, 3.05) is 0 Å². The van der Waals surface area contributed by atoms with E-state index in [1.165, 1.54) is 6.33 Å². The van der Waals surface area contributed by atoms with Gasteiger partial charge in [0, 0.05) is 11.6 Å². The van der Waals surface area contributed by atoms with E-state index in [0.29, 0.717) is 11.3 Å². The van der Waals surface area contributed by atoms with Crippen molar-refractivity contribution in [1.29, 1.82) is 0 Å². The van der Waals surface area contributed by atoms with Gasteiger partial charge < -0.3 is 5.32 Å². The summed E-state index contributed by atoms with van der Waals surface area (Å²) in [7, 11) is 0. The number of nitrogens with one attached hydrogen (secondary N) is 1. The van der Waals surface area contributed by atoms with E-state index in [1.807, 2.05) is 63.2 Å². The van der Waals surface area contributed by atoms with Gasteiger partial charge >= 0.3 is 0 Å². The van der Waals surface area contributed by atoms with Gasteiger partial charge in [-0.15, -0.1) is 0 Å². The lowest BCUT2D eigenvalue weighted by atomic mass is 10.1. The molecule has 0 saturated heterocycles. The van der Waals surface area contributed by atoms with E-state index in [-0.39, 0.29) is 18.0 Å². The monoisotopic (exact) mass is 335 g/mol. The molecule has 0 radical (unpaired) electrons. The van der Waals surface area contributed by atoms with E-state index >= 15 is 0 Å². The minimum absolute atomic E-state index is 0.00306. The Morgan fingerprint density at radius 2 is 1.88 bits per heavy atom. The Bertz CT molecular complexity index is 846. The van der Waals surface area contributed by atoms with Gasteiger partial charge in [-0.3, -0.25) is 9.78 Å². The summed E-state index contributed by atoms with van der Waals surface area (Å²) >= 11 is 0. The first-order valence-electron chi connectivity index (χ1n) is 8.24. The molecule has 0 spiro atoms. The number of carbonyl (C=O) groups excluding carboxylic acids is 1. The fourth-order valence-corrected chi connectivity index (χ4v) is 2.63. The number of rotatable bonds is 5. The van der Waals surface area contributed by atoms with Gasteiger partial charge in [0.05, 0.1) is 23.0 Å². The number of amides is 1. The number of aromatic nitrogens is 4. The average molecular weight is 335 g/mol. The highest BCUT2D eigenvalue weighted by atomic mass is 16.1. The van der Waals surface area contributed by atoms with Crippen LogP contribution in [0.2, 0.25) is 0 Å². The fourth-order valence-electron chi connectivity index (χ4n) is 2.63. The second-order valence-electron chi connectivity index (χ2n) is 6.07. The zero-order valence-electron chi connectivity index (χ0n) is 14.5. The molecular formula is C19H21N5O. The summed E-state index contributed by atoms with van der Waals surface area (Å²) < 4.78 is 1.73. The molecule has 2 heterocycles. The molecule has 2 atom stereocenters. The van der Waals surface area contributed by atoms with Crippen LogP contribution in [0.15, 0.2) is 55.1 Å². The Morgan fingerprint density at radius 1 is 1.12 bits per heavy atom. The molecule has 0 aliphatic rings. The molecule has 3 rings (SSSR count). The third-order valence-corrected chi connectivity index (χ3v) is 4.34. The van der Waals surface area contributed by atoms with Gasteiger partial charge in [-0.25, -0.2) is 9.67 Å². The minimum atomic E-state index is -0.135. The van der Waals surface area contributed by atoms with Gasteiger partial charge in [-0.1, -0.05) is 30.3 Å². The Hall–Kier alpha value is -3.02. The Balaban J connectivity index is 1.74. The summed E-state index contributed by atoms with van der Waals surface area (Å²) in [6, 6.07) is 13.5. The second-order valence-corrected chi connectivity index (χ2v) is 6.07. The molecule has 2 aromatic heterocycles. The largest absolute Gasteiger partial charge is 0.347 e. The van der Waals surface area contributed by atoms with Crippen LogP contribution in [0.4, 0.5) is 0 Å². The fraction of sp³-hybridized carbons (Fsp3) is 0.263. The van der Waals surface area contributed by atoms with E-state index in [0.717, 1.165) is 11.3 Å². The molecule has 25 heavy (non-hydrogen) atoms. The van der Waals surface area contributed by atoms with Gasteiger partial charge in [0.1, 0.15) is 12.7 Å². The number of benzene rings is 1. The van der Waals surface area contributed by atoms with E-state index in [2.05, 4.69) is 20.4 Å². The van der Waals surface area contributed by atoms with E-state index in [4.69, 9.17) is 0 Å². The summed E-state index contributed by atoms with van der Waals surface area (Å²) in [6.07, 6.45) is 3.14. The normalized spacial score (nSPS) is 13.2. The summed E-state index contributed by atoms with van der Waals surface area (Å²) in [5, 5.41) is 7.14. The van der Waals surface area contributed by atoms with Crippen LogP contribution in [0, 0.1) is 6.92 Å². The van der Waals surface area contributed by atoms with Crippen molar-refractivity contribution in [2.45, 2.75) is 32.9 Å².